The van der Waals surface area contributed by atoms with Crippen LogP contribution < -0.4 is 0 Å². The van der Waals surface area contributed by atoms with Crippen LogP contribution in [0.1, 0.15) is 49.3 Å². The number of aryl methyl sites for hydroxylation is 1. The van der Waals surface area contributed by atoms with Crippen LogP contribution in [0.4, 0.5) is 4.39 Å². The first-order valence-electron chi connectivity index (χ1n) is 10.2. The molecule has 7 nitrogen and oxygen atoms in total. The smallest absolute Gasteiger partial charge is 0.223 e. The Hall–Kier alpha value is -2.77. The van der Waals surface area contributed by atoms with Gasteiger partial charge >= 0.3 is 0 Å². The fourth-order valence-corrected chi connectivity index (χ4v) is 4.23. The Morgan fingerprint density at radius 2 is 1.90 bits per heavy atom. The van der Waals surface area contributed by atoms with Gasteiger partial charge in [-0.05, 0) is 37.0 Å². The number of fused-ring (bicyclic) bond motifs is 1. The summed E-state index contributed by atoms with van der Waals surface area (Å²) in [7, 11) is 0. The van der Waals surface area contributed by atoms with Crippen molar-refractivity contribution < 1.29 is 14.0 Å². The Morgan fingerprint density at radius 1 is 1.10 bits per heavy atom. The van der Waals surface area contributed by atoms with Crippen molar-refractivity contribution in [3.63, 3.8) is 0 Å². The predicted molar refractivity (Wildman–Crippen MR) is 104 cm³/mol. The van der Waals surface area contributed by atoms with Crippen LogP contribution in [0.5, 0.6) is 0 Å². The van der Waals surface area contributed by atoms with Gasteiger partial charge in [0.2, 0.25) is 11.8 Å². The minimum atomic E-state index is -0.268. The van der Waals surface area contributed by atoms with E-state index in [0.29, 0.717) is 39.0 Å². The molecule has 2 aliphatic heterocycles. The second-order valence-corrected chi connectivity index (χ2v) is 7.87. The standard InChI is InChI=1S/C21H26FN5O2/c1-15(28)25-10-2-3-17(13-25)21-24-23-19-14-26(11-12-27(19)21)20(29)9-6-16-4-7-18(22)8-5-16/h4-5,7-8,17H,2-3,6,9-14H2,1H3. The van der Waals surface area contributed by atoms with Crippen LogP contribution >= 0.6 is 0 Å². The van der Waals surface area contributed by atoms with E-state index in [4.69, 9.17) is 0 Å². The molecule has 0 N–H and O–H groups in total. The third kappa shape index (κ3) is 4.31. The highest BCUT2D eigenvalue weighted by Gasteiger charge is 2.30. The number of amides is 2. The van der Waals surface area contributed by atoms with Gasteiger partial charge in [-0.25, -0.2) is 4.39 Å². The highest BCUT2D eigenvalue weighted by Crippen LogP contribution is 2.27. The third-order valence-electron chi connectivity index (χ3n) is 5.91. The number of rotatable bonds is 4. The average Bonchev–Trinajstić information content (AvgIpc) is 3.16. The maximum absolute atomic E-state index is 13.0. The molecule has 8 heteroatoms. The molecule has 4 rings (SSSR count). The Labute approximate surface area is 169 Å². The molecule has 0 saturated carbocycles. The number of carbonyl (C=O) groups excluding carboxylic acids is 2. The average molecular weight is 399 g/mol. The van der Waals surface area contributed by atoms with Crippen LogP contribution in [0.2, 0.25) is 0 Å². The van der Waals surface area contributed by atoms with Crippen LogP contribution in [-0.4, -0.2) is 56.0 Å². The molecule has 1 atom stereocenters. The Morgan fingerprint density at radius 3 is 2.66 bits per heavy atom. The van der Waals surface area contributed by atoms with Crippen molar-refractivity contribution in [2.24, 2.45) is 0 Å². The first-order valence-corrected chi connectivity index (χ1v) is 10.2. The van der Waals surface area contributed by atoms with Gasteiger partial charge < -0.3 is 14.4 Å². The van der Waals surface area contributed by atoms with Crippen molar-refractivity contribution in [1.82, 2.24) is 24.6 Å². The van der Waals surface area contributed by atoms with E-state index in [-0.39, 0.29) is 23.5 Å². The van der Waals surface area contributed by atoms with E-state index in [1.54, 1.807) is 19.1 Å². The van der Waals surface area contributed by atoms with Gasteiger partial charge in [0.1, 0.15) is 11.6 Å². The molecule has 3 heterocycles. The van der Waals surface area contributed by atoms with Crippen molar-refractivity contribution in [2.45, 2.75) is 51.6 Å². The molecule has 29 heavy (non-hydrogen) atoms. The Bertz CT molecular complexity index is 895. The second-order valence-electron chi connectivity index (χ2n) is 7.87. The van der Waals surface area contributed by atoms with Gasteiger partial charge in [-0.1, -0.05) is 12.1 Å². The van der Waals surface area contributed by atoms with Gasteiger partial charge in [-0.15, -0.1) is 10.2 Å². The predicted octanol–water partition coefficient (Wildman–Crippen LogP) is 2.12. The lowest BCUT2D eigenvalue weighted by Gasteiger charge is -2.33. The van der Waals surface area contributed by atoms with Crippen LogP contribution in [0.15, 0.2) is 24.3 Å². The number of aromatic nitrogens is 3. The molecule has 1 fully saturated rings. The summed E-state index contributed by atoms with van der Waals surface area (Å²) in [5.74, 6) is 1.85. The minimum Gasteiger partial charge on any atom is -0.342 e. The first-order chi connectivity index (χ1) is 14.0. The fourth-order valence-electron chi connectivity index (χ4n) is 4.23. The number of carbonyl (C=O) groups is 2. The summed E-state index contributed by atoms with van der Waals surface area (Å²) >= 11 is 0. The quantitative estimate of drug-likeness (QED) is 0.790. The van der Waals surface area contributed by atoms with Crippen molar-refractivity contribution in [2.75, 3.05) is 19.6 Å². The molecule has 2 amide bonds. The molecule has 1 aromatic heterocycles. The molecule has 0 spiro atoms. The van der Waals surface area contributed by atoms with E-state index in [1.165, 1.54) is 12.1 Å². The maximum atomic E-state index is 13.0. The molecule has 0 bridgehead atoms. The zero-order valence-electron chi connectivity index (χ0n) is 16.7. The van der Waals surface area contributed by atoms with Gasteiger partial charge in [0.05, 0.1) is 6.54 Å². The van der Waals surface area contributed by atoms with Crippen LogP contribution in [-0.2, 0) is 29.1 Å². The monoisotopic (exact) mass is 399 g/mol. The molecule has 1 saturated heterocycles. The molecular weight excluding hydrogens is 373 g/mol. The number of likely N-dealkylation sites (tertiary alicyclic amines) is 1. The molecule has 154 valence electrons. The topological polar surface area (TPSA) is 71.3 Å². The summed E-state index contributed by atoms with van der Waals surface area (Å²) in [6.45, 7) is 4.87. The van der Waals surface area contributed by atoms with Gasteiger partial charge in [-0.2, -0.15) is 0 Å². The van der Waals surface area contributed by atoms with E-state index < -0.39 is 0 Å². The summed E-state index contributed by atoms with van der Waals surface area (Å²) in [4.78, 5) is 28.0. The molecule has 1 aromatic carbocycles. The number of hydrogen-bond acceptors (Lipinski definition) is 4. The van der Waals surface area contributed by atoms with E-state index in [9.17, 15) is 14.0 Å². The highest BCUT2D eigenvalue weighted by atomic mass is 19.1. The number of benzene rings is 1. The van der Waals surface area contributed by atoms with Gasteiger partial charge in [0.15, 0.2) is 5.82 Å². The maximum Gasteiger partial charge on any atom is 0.223 e. The number of piperidine rings is 1. The third-order valence-corrected chi connectivity index (χ3v) is 5.91. The molecule has 1 unspecified atom stereocenters. The van der Waals surface area contributed by atoms with Gasteiger partial charge in [0, 0.05) is 45.4 Å². The SMILES string of the molecule is CC(=O)N1CCCC(c2nnc3n2CCN(C(=O)CCc2ccc(F)cc2)C3)C1. The lowest BCUT2D eigenvalue weighted by molar-refractivity contribution is -0.133. The van der Waals surface area contributed by atoms with Crippen molar-refractivity contribution in [3.8, 4) is 0 Å². The molecule has 0 aliphatic carbocycles. The van der Waals surface area contributed by atoms with Crippen molar-refractivity contribution in [1.29, 1.82) is 0 Å². The number of hydrogen-bond donors (Lipinski definition) is 0. The Balaban J connectivity index is 1.37. The molecule has 2 aromatic rings. The zero-order valence-corrected chi connectivity index (χ0v) is 16.7. The highest BCUT2D eigenvalue weighted by molar-refractivity contribution is 5.76. The summed E-state index contributed by atoms with van der Waals surface area (Å²) in [6, 6.07) is 6.28. The van der Waals surface area contributed by atoms with E-state index in [2.05, 4.69) is 14.8 Å². The van der Waals surface area contributed by atoms with E-state index in [1.807, 2.05) is 9.80 Å². The lowest BCUT2D eigenvalue weighted by Crippen LogP contribution is -2.41. The van der Waals surface area contributed by atoms with Crippen LogP contribution in [0.3, 0.4) is 0 Å². The summed E-state index contributed by atoms with van der Waals surface area (Å²) in [6.07, 6.45) is 2.96. The molecule has 0 radical (unpaired) electrons. The lowest BCUT2D eigenvalue weighted by atomic mass is 9.97. The van der Waals surface area contributed by atoms with Crippen LogP contribution in [0.25, 0.3) is 0 Å². The summed E-state index contributed by atoms with van der Waals surface area (Å²) in [5.41, 5.74) is 0.953. The molecular formula is C21H26FN5O2. The van der Waals surface area contributed by atoms with Crippen LogP contribution in [0, 0.1) is 5.82 Å². The second kappa shape index (κ2) is 8.31. The number of halogens is 1. The largest absolute Gasteiger partial charge is 0.342 e. The van der Waals surface area contributed by atoms with E-state index in [0.717, 1.165) is 36.6 Å². The zero-order chi connectivity index (χ0) is 20.4. The Kier molecular flexibility index (Phi) is 5.60. The van der Waals surface area contributed by atoms with Gasteiger partial charge in [0.25, 0.3) is 0 Å². The van der Waals surface area contributed by atoms with Crippen molar-refractivity contribution >= 4 is 11.8 Å². The fraction of sp³-hybridized carbons (Fsp3) is 0.524. The minimum absolute atomic E-state index is 0.0746. The number of nitrogens with zero attached hydrogens (tertiary/aromatic N) is 5. The van der Waals surface area contributed by atoms with Gasteiger partial charge in [-0.3, -0.25) is 9.59 Å². The van der Waals surface area contributed by atoms with Crippen molar-refractivity contribution in [3.05, 3.63) is 47.3 Å². The van der Waals surface area contributed by atoms with E-state index >= 15 is 0 Å². The molecule has 2 aliphatic rings. The summed E-state index contributed by atoms with van der Waals surface area (Å²) in [5, 5.41) is 8.75. The summed E-state index contributed by atoms with van der Waals surface area (Å²) < 4.78 is 15.1. The normalized spacial score (nSPS) is 19.2. The first kappa shape index (κ1) is 19.5.